The Balaban J connectivity index is 2.77. The van der Waals surface area contributed by atoms with Crippen LogP contribution in [0.15, 0.2) is 29.2 Å². The Bertz CT molecular complexity index is 504. The highest BCUT2D eigenvalue weighted by atomic mass is 32.2. The van der Waals surface area contributed by atoms with E-state index in [1.807, 2.05) is 13.8 Å². The first-order chi connectivity index (χ1) is 9.30. The van der Waals surface area contributed by atoms with E-state index < -0.39 is 9.84 Å². The van der Waals surface area contributed by atoms with Crippen LogP contribution >= 0.6 is 12.6 Å². The maximum Gasteiger partial charge on any atom is 0.178 e. The zero-order chi connectivity index (χ0) is 15.2. The first kappa shape index (κ1) is 17.4. The predicted octanol–water partition coefficient (Wildman–Crippen LogP) is 3.60. The van der Waals surface area contributed by atoms with Crippen LogP contribution in [0.1, 0.15) is 33.6 Å². The number of rotatable bonds is 8. The molecule has 0 saturated carbocycles. The van der Waals surface area contributed by atoms with Gasteiger partial charge in [0.1, 0.15) is 5.75 Å². The van der Waals surface area contributed by atoms with Gasteiger partial charge < -0.3 is 4.74 Å². The van der Waals surface area contributed by atoms with Crippen LogP contribution in [-0.4, -0.2) is 26.5 Å². The van der Waals surface area contributed by atoms with E-state index >= 15 is 0 Å². The Kier molecular flexibility index (Phi) is 6.40. The van der Waals surface area contributed by atoms with Crippen molar-refractivity contribution in [3.63, 3.8) is 0 Å². The van der Waals surface area contributed by atoms with Crippen LogP contribution in [0.5, 0.6) is 5.75 Å². The molecule has 1 aromatic carbocycles. The molecule has 0 radical (unpaired) electrons. The van der Waals surface area contributed by atoms with Crippen molar-refractivity contribution in [2.75, 3.05) is 18.1 Å². The van der Waals surface area contributed by atoms with Gasteiger partial charge in [0.15, 0.2) is 9.84 Å². The monoisotopic (exact) mass is 316 g/mol. The van der Waals surface area contributed by atoms with Crippen molar-refractivity contribution in [3.8, 4) is 5.75 Å². The number of thiol groups is 1. The third-order valence-electron chi connectivity index (χ3n) is 2.96. The van der Waals surface area contributed by atoms with Crippen LogP contribution in [0.3, 0.4) is 0 Å². The van der Waals surface area contributed by atoms with E-state index in [4.69, 9.17) is 4.74 Å². The molecule has 0 spiro atoms. The average Bonchev–Trinajstić information content (AvgIpc) is 2.38. The molecule has 3 nitrogen and oxygen atoms in total. The van der Waals surface area contributed by atoms with Crippen molar-refractivity contribution in [2.45, 2.75) is 38.5 Å². The summed E-state index contributed by atoms with van der Waals surface area (Å²) >= 11 is 4.21. The number of sulfone groups is 1. The van der Waals surface area contributed by atoms with Gasteiger partial charge in [-0.2, -0.15) is 12.6 Å². The van der Waals surface area contributed by atoms with E-state index in [9.17, 15) is 8.42 Å². The van der Waals surface area contributed by atoms with Gasteiger partial charge in [-0.05, 0) is 41.9 Å². The fourth-order valence-corrected chi connectivity index (χ4v) is 3.83. The van der Waals surface area contributed by atoms with E-state index in [1.165, 1.54) is 0 Å². The fraction of sp³-hybridized carbons (Fsp3) is 0.600. The van der Waals surface area contributed by atoms with Crippen molar-refractivity contribution < 1.29 is 13.2 Å². The molecule has 0 bridgehead atoms. The number of unbranched alkanes of at least 4 members (excludes halogenated alkanes) is 1. The van der Waals surface area contributed by atoms with Gasteiger partial charge in [-0.1, -0.05) is 27.2 Å². The van der Waals surface area contributed by atoms with Gasteiger partial charge in [-0.3, -0.25) is 0 Å². The Hall–Kier alpha value is -0.680. The second-order valence-corrected chi connectivity index (χ2v) is 8.06. The normalized spacial score (nSPS) is 12.4. The molecule has 1 rings (SSSR count). The van der Waals surface area contributed by atoms with Gasteiger partial charge >= 0.3 is 0 Å². The van der Waals surface area contributed by atoms with Crippen molar-refractivity contribution in [1.82, 2.24) is 0 Å². The molecule has 0 saturated heterocycles. The maximum absolute atomic E-state index is 12.3. The summed E-state index contributed by atoms with van der Waals surface area (Å²) in [5.74, 6) is 1.34. The Morgan fingerprint density at radius 1 is 1.20 bits per heavy atom. The van der Waals surface area contributed by atoms with Crippen LogP contribution in [-0.2, 0) is 9.84 Å². The molecule has 0 aromatic heterocycles. The largest absolute Gasteiger partial charge is 0.494 e. The minimum Gasteiger partial charge on any atom is -0.494 e. The second-order valence-electron chi connectivity index (χ2n) is 5.75. The van der Waals surface area contributed by atoms with Crippen LogP contribution < -0.4 is 4.74 Å². The summed E-state index contributed by atoms with van der Waals surface area (Å²) in [5.41, 5.74) is -0.335. The molecule has 20 heavy (non-hydrogen) atoms. The zero-order valence-electron chi connectivity index (χ0n) is 12.4. The van der Waals surface area contributed by atoms with Crippen molar-refractivity contribution in [3.05, 3.63) is 24.3 Å². The lowest BCUT2D eigenvalue weighted by atomic mass is 10.0. The lowest BCUT2D eigenvalue weighted by Gasteiger charge is -2.21. The summed E-state index contributed by atoms with van der Waals surface area (Å²) in [6.07, 6.45) is 2.07. The van der Waals surface area contributed by atoms with Crippen molar-refractivity contribution >= 4 is 22.5 Å². The summed E-state index contributed by atoms with van der Waals surface area (Å²) in [6, 6.07) is 6.67. The molecule has 1 aromatic rings. The van der Waals surface area contributed by atoms with Crippen molar-refractivity contribution in [1.29, 1.82) is 0 Å². The van der Waals surface area contributed by atoms with Gasteiger partial charge in [0, 0.05) is 0 Å². The Morgan fingerprint density at radius 3 is 2.30 bits per heavy atom. The van der Waals surface area contributed by atoms with Gasteiger partial charge in [-0.15, -0.1) is 0 Å². The summed E-state index contributed by atoms with van der Waals surface area (Å²) in [5, 5.41) is 0. The molecule has 114 valence electrons. The molecule has 5 heteroatoms. The van der Waals surface area contributed by atoms with Crippen LogP contribution in [0, 0.1) is 5.41 Å². The fourth-order valence-electron chi connectivity index (χ4n) is 1.72. The second kappa shape index (κ2) is 7.36. The molecular weight excluding hydrogens is 292 g/mol. The van der Waals surface area contributed by atoms with Crippen LogP contribution in [0.2, 0.25) is 0 Å². The van der Waals surface area contributed by atoms with E-state index in [2.05, 4.69) is 19.6 Å². The standard InChI is InChI=1S/C15H24O3S2/c1-4-5-10-18-13-6-8-14(9-7-13)20(16,17)12-15(2,3)11-19/h6-9,19H,4-5,10-12H2,1-3H3. The highest BCUT2D eigenvalue weighted by Gasteiger charge is 2.26. The Morgan fingerprint density at radius 2 is 1.80 bits per heavy atom. The van der Waals surface area contributed by atoms with Gasteiger partial charge in [0.05, 0.1) is 17.3 Å². The predicted molar refractivity (Wildman–Crippen MR) is 86.5 cm³/mol. The third kappa shape index (κ3) is 5.37. The molecule has 0 fully saturated rings. The van der Waals surface area contributed by atoms with E-state index in [1.54, 1.807) is 24.3 Å². The minimum atomic E-state index is -3.28. The SMILES string of the molecule is CCCCOc1ccc(S(=O)(=O)CC(C)(C)CS)cc1. The summed E-state index contributed by atoms with van der Waals surface area (Å²) in [4.78, 5) is 0.343. The topological polar surface area (TPSA) is 43.4 Å². The number of hydrogen-bond acceptors (Lipinski definition) is 4. The summed E-state index contributed by atoms with van der Waals surface area (Å²) in [6.45, 7) is 6.57. The smallest absolute Gasteiger partial charge is 0.178 e. The molecule has 0 aliphatic rings. The van der Waals surface area contributed by atoms with Gasteiger partial charge in [0.25, 0.3) is 0 Å². The Labute approximate surface area is 128 Å². The van der Waals surface area contributed by atoms with Crippen LogP contribution in [0.4, 0.5) is 0 Å². The number of hydrogen-bond donors (Lipinski definition) is 1. The number of ether oxygens (including phenoxy) is 1. The lowest BCUT2D eigenvalue weighted by molar-refractivity contribution is 0.309. The first-order valence-electron chi connectivity index (χ1n) is 6.87. The molecule has 0 N–H and O–H groups in total. The summed E-state index contributed by atoms with van der Waals surface area (Å²) < 4.78 is 30.1. The molecule has 0 amide bonds. The molecule has 0 heterocycles. The highest BCUT2D eigenvalue weighted by Crippen LogP contribution is 2.25. The van der Waals surface area contributed by atoms with E-state index in [-0.39, 0.29) is 11.2 Å². The van der Waals surface area contributed by atoms with Crippen molar-refractivity contribution in [2.24, 2.45) is 5.41 Å². The summed E-state index contributed by atoms with van der Waals surface area (Å²) in [7, 11) is -3.28. The minimum absolute atomic E-state index is 0.0968. The van der Waals surface area contributed by atoms with Gasteiger partial charge in [-0.25, -0.2) is 8.42 Å². The molecule has 0 aliphatic carbocycles. The highest BCUT2D eigenvalue weighted by molar-refractivity contribution is 7.91. The van der Waals surface area contributed by atoms with Crippen LogP contribution in [0.25, 0.3) is 0 Å². The first-order valence-corrected chi connectivity index (χ1v) is 9.16. The van der Waals surface area contributed by atoms with Gasteiger partial charge in [0.2, 0.25) is 0 Å². The molecule has 0 atom stereocenters. The van der Waals surface area contributed by atoms with E-state index in [0.717, 1.165) is 12.8 Å². The lowest BCUT2D eigenvalue weighted by Crippen LogP contribution is -2.25. The van der Waals surface area contributed by atoms with E-state index in [0.29, 0.717) is 23.0 Å². The average molecular weight is 316 g/mol. The molecular formula is C15H24O3S2. The number of benzene rings is 1. The molecule has 0 aliphatic heterocycles. The quantitative estimate of drug-likeness (QED) is 0.589. The molecule has 0 unspecified atom stereocenters. The third-order valence-corrected chi connectivity index (χ3v) is 5.97. The zero-order valence-corrected chi connectivity index (χ0v) is 14.1. The maximum atomic E-state index is 12.3.